The van der Waals surface area contributed by atoms with Crippen LogP contribution in [0.25, 0.3) is 0 Å². The standard InChI is InChI=1S/C4H11O3PS2/c1-3-9-6-8(5)7-10-4-2/h8H,3-4H2,1-2H3. The minimum Gasteiger partial charge on any atom is -0.261 e. The van der Waals surface area contributed by atoms with Crippen LogP contribution in [0.3, 0.4) is 0 Å². The van der Waals surface area contributed by atoms with Crippen molar-refractivity contribution < 1.29 is 12.5 Å². The zero-order valence-corrected chi connectivity index (χ0v) is 8.59. The Bertz CT molecular complexity index is 90.5. The predicted molar refractivity (Wildman–Crippen MR) is 47.4 cm³/mol. The Morgan fingerprint density at radius 3 is 1.90 bits per heavy atom. The van der Waals surface area contributed by atoms with E-state index in [2.05, 4.69) is 0 Å². The molecule has 0 spiro atoms. The Hall–Kier alpha value is 0.850. The molecule has 0 fully saturated rings. The maximum atomic E-state index is 10.7. The lowest BCUT2D eigenvalue weighted by Crippen LogP contribution is -1.71. The zero-order valence-electron chi connectivity index (χ0n) is 5.96. The van der Waals surface area contributed by atoms with Gasteiger partial charge in [0.15, 0.2) is 0 Å². The fraction of sp³-hybridized carbons (Fsp3) is 1.00. The lowest BCUT2D eigenvalue weighted by atomic mass is 11.0. The van der Waals surface area contributed by atoms with E-state index in [1.165, 1.54) is 0 Å². The Morgan fingerprint density at radius 2 is 1.60 bits per heavy atom. The van der Waals surface area contributed by atoms with Crippen molar-refractivity contribution in [3.63, 3.8) is 0 Å². The van der Waals surface area contributed by atoms with Crippen molar-refractivity contribution in [3.05, 3.63) is 0 Å². The smallest absolute Gasteiger partial charge is 0.261 e. The van der Waals surface area contributed by atoms with Crippen molar-refractivity contribution >= 4 is 32.3 Å². The monoisotopic (exact) mass is 202 g/mol. The highest BCUT2D eigenvalue weighted by Crippen LogP contribution is 2.34. The van der Waals surface area contributed by atoms with Gasteiger partial charge in [0.05, 0.1) is 0 Å². The van der Waals surface area contributed by atoms with Gasteiger partial charge in [0.25, 0.3) is 0 Å². The Kier molecular flexibility index (Phi) is 8.63. The first-order valence-corrected chi connectivity index (χ1v) is 5.98. The molecule has 0 aliphatic carbocycles. The summed E-state index contributed by atoms with van der Waals surface area (Å²) in [5.41, 5.74) is 0. The molecule has 0 aromatic heterocycles. The van der Waals surface area contributed by atoms with Crippen LogP contribution in [0.2, 0.25) is 0 Å². The van der Waals surface area contributed by atoms with Crippen molar-refractivity contribution in [3.8, 4) is 0 Å². The molecule has 0 aliphatic heterocycles. The largest absolute Gasteiger partial charge is 0.341 e. The van der Waals surface area contributed by atoms with Crippen LogP contribution in [0.4, 0.5) is 0 Å². The van der Waals surface area contributed by atoms with Gasteiger partial charge in [0.1, 0.15) is 0 Å². The summed E-state index contributed by atoms with van der Waals surface area (Å²) >= 11 is 2.32. The first-order chi connectivity index (χ1) is 4.81. The maximum absolute atomic E-state index is 10.7. The highest BCUT2D eigenvalue weighted by atomic mass is 32.2. The first kappa shape index (κ1) is 10.8. The van der Waals surface area contributed by atoms with E-state index in [1.807, 2.05) is 13.8 Å². The lowest BCUT2D eigenvalue weighted by Gasteiger charge is -1.98. The molecule has 0 aromatic carbocycles. The van der Waals surface area contributed by atoms with E-state index in [0.29, 0.717) is 0 Å². The molecule has 0 bridgehead atoms. The summed E-state index contributed by atoms with van der Waals surface area (Å²) in [6, 6.07) is 0. The Labute approximate surface area is 70.6 Å². The molecule has 0 aliphatic rings. The molecular weight excluding hydrogens is 191 g/mol. The molecule has 6 heteroatoms. The van der Waals surface area contributed by atoms with Gasteiger partial charge >= 0.3 is 8.25 Å². The fourth-order valence-electron chi connectivity index (χ4n) is 0.228. The molecule has 0 atom stereocenters. The minimum absolute atomic E-state index is 0.788. The van der Waals surface area contributed by atoms with Gasteiger partial charge in [-0.15, -0.1) is 0 Å². The van der Waals surface area contributed by atoms with Crippen LogP contribution in [-0.2, 0) is 12.5 Å². The quantitative estimate of drug-likeness (QED) is 0.489. The molecule has 10 heavy (non-hydrogen) atoms. The SMILES string of the molecule is CCSO[PH](=O)OSCC. The van der Waals surface area contributed by atoms with Crippen LogP contribution in [0, 0.1) is 0 Å². The van der Waals surface area contributed by atoms with Crippen molar-refractivity contribution in [1.82, 2.24) is 0 Å². The van der Waals surface area contributed by atoms with E-state index in [0.717, 1.165) is 35.6 Å². The van der Waals surface area contributed by atoms with E-state index in [1.54, 1.807) is 0 Å². The molecule has 0 rings (SSSR count). The van der Waals surface area contributed by atoms with E-state index in [4.69, 9.17) is 7.94 Å². The minimum atomic E-state index is -2.24. The molecule has 0 aromatic rings. The Morgan fingerprint density at radius 1 is 1.20 bits per heavy atom. The fourth-order valence-corrected chi connectivity index (χ4v) is 2.30. The number of hydrogen-bond acceptors (Lipinski definition) is 5. The van der Waals surface area contributed by atoms with Crippen molar-refractivity contribution in [2.45, 2.75) is 13.8 Å². The predicted octanol–water partition coefficient (Wildman–Crippen LogP) is 2.75. The molecular formula is C4H11O3PS2. The highest BCUT2D eigenvalue weighted by Gasteiger charge is 1.97. The normalized spacial score (nSPS) is 10.7. The van der Waals surface area contributed by atoms with Crippen LogP contribution in [0.15, 0.2) is 0 Å². The third kappa shape index (κ3) is 6.96. The third-order valence-electron chi connectivity index (χ3n) is 0.490. The van der Waals surface area contributed by atoms with Gasteiger partial charge in [0.2, 0.25) is 0 Å². The summed E-state index contributed by atoms with van der Waals surface area (Å²) in [5, 5.41) is 0. The highest BCUT2D eigenvalue weighted by molar-refractivity contribution is 8.00. The van der Waals surface area contributed by atoms with Crippen LogP contribution < -0.4 is 0 Å². The summed E-state index contributed by atoms with van der Waals surface area (Å²) in [6.45, 7) is 3.85. The van der Waals surface area contributed by atoms with Crippen LogP contribution >= 0.6 is 32.3 Å². The van der Waals surface area contributed by atoms with Gasteiger partial charge in [-0.05, 0) is 0 Å². The molecule has 0 N–H and O–H groups in total. The Balaban J connectivity index is 3.09. The molecule has 0 unspecified atom stereocenters. The lowest BCUT2D eigenvalue weighted by molar-refractivity contribution is 0.463. The maximum Gasteiger partial charge on any atom is 0.341 e. The van der Waals surface area contributed by atoms with Crippen molar-refractivity contribution in [1.29, 1.82) is 0 Å². The second-order valence-corrected chi connectivity index (χ2v) is 4.69. The average Bonchev–Trinajstić information content (AvgIpc) is 1.97. The molecule has 0 amide bonds. The van der Waals surface area contributed by atoms with Crippen LogP contribution in [-0.4, -0.2) is 11.5 Å². The van der Waals surface area contributed by atoms with E-state index >= 15 is 0 Å². The van der Waals surface area contributed by atoms with E-state index < -0.39 is 8.25 Å². The summed E-state index contributed by atoms with van der Waals surface area (Å²) < 4.78 is 20.1. The summed E-state index contributed by atoms with van der Waals surface area (Å²) in [5.74, 6) is 1.58. The van der Waals surface area contributed by atoms with Crippen LogP contribution in [0.1, 0.15) is 13.8 Å². The van der Waals surface area contributed by atoms with Gasteiger partial charge < -0.3 is 0 Å². The number of hydrogen-bond donors (Lipinski definition) is 0. The number of rotatable bonds is 6. The summed E-state index contributed by atoms with van der Waals surface area (Å²) in [6.07, 6.45) is 0. The summed E-state index contributed by atoms with van der Waals surface area (Å²) in [4.78, 5) is 0. The molecule has 3 nitrogen and oxygen atoms in total. The summed E-state index contributed by atoms with van der Waals surface area (Å²) in [7, 11) is -2.24. The van der Waals surface area contributed by atoms with Gasteiger partial charge in [-0.3, -0.25) is 4.57 Å². The molecule has 62 valence electrons. The van der Waals surface area contributed by atoms with E-state index in [-0.39, 0.29) is 0 Å². The molecule has 0 heterocycles. The zero-order chi connectivity index (χ0) is 7.82. The second kappa shape index (κ2) is 7.95. The topological polar surface area (TPSA) is 35.5 Å². The van der Waals surface area contributed by atoms with Gasteiger partial charge in [-0.1, -0.05) is 13.8 Å². The van der Waals surface area contributed by atoms with Crippen molar-refractivity contribution in [2.24, 2.45) is 0 Å². The molecule has 0 radical (unpaired) electrons. The van der Waals surface area contributed by atoms with Gasteiger partial charge in [-0.2, -0.15) is 0 Å². The second-order valence-electron chi connectivity index (χ2n) is 1.23. The first-order valence-electron chi connectivity index (χ1n) is 2.94. The molecule has 0 saturated carbocycles. The molecule has 0 saturated heterocycles. The van der Waals surface area contributed by atoms with Crippen LogP contribution in [0.5, 0.6) is 0 Å². The van der Waals surface area contributed by atoms with Gasteiger partial charge in [0, 0.05) is 35.6 Å². The third-order valence-corrected chi connectivity index (χ3v) is 2.99. The average molecular weight is 202 g/mol. The van der Waals surface area contributed by atoms with E-state index in [9.17, 15) is 4.57 Å². The van der Waals surface area contributed by atoms with Gasteiger partial charge in [-0.25, -0.2) is 7.94 Å². The van der Waals surface area contributed by atoms with Crippen molar-refractivity contribution in [2.75, 3.05) is 11.5 Å².